The lowest BCUT2D eigenvalue weighted by atomic mass is 10.0. The lowest BCUT2D eigenvalue weighted by Crippen LogP contribution is -2.52. The van der Waals surface area contributed by atoms with E-state index in [1.807, 2.05) is 49.4 Å². The van der Waals surface area contributed by atoms with Crippen LogP contribution >= 0.6 is 0 Å². The van der Waals surface area contributed by atoms with E-state index in [0.717, 1.165) is 16.7 Å². The highest BCUT2D eigenvalue weighted by Crippen LogP contribution is 2.33. The number of imide groups is 1. The number of rotatable bonds is 4. The maximum atomic E-state index is 12.9. The van der Waals surface area contributed by atoms with Crippen molar-refractivity contribution in [2.24, 2.45) is 0 Å². The Kier molecular flexibility index (Phi) is 4.39. The van der Waals surface area contributed by atoms with Gasteiger partial charge in [-0.3, -0.25) is 19.7 Å². The highest BCUT2D eigenvalue weighted by atomic mass is 16.5. The largest absolute Gasteiger partial charge is 0.489 e. The first kappa shape index (κ1) is 17.3. The van der Waals surface area contributed by atoms with E-state index in [9.17, 15) is 14.4 Å². The van der Waals surface area contributed by atoms with Crippen molar-refractivity contribution in [2.45, 2.75) is 39.0 Å². The van der Waals surface area contributed by atoms with Gasteiger partial charge >= 0.3 is 0 Å². The third-order valence-electron chi connectivity index (χ3n) is 5.04. The van der Waals surface area contributed by atoms with Crippen LogP contribution in [0.5, 0.6) is 5.75 Å². The number of carbonyl (C=O) groups is 3. The normalized spacial score (nSPS) is 19.1. The summed E-state index contributed by atoms with van der Waals surface area (Å²) < 4.78 is 5.90. The van der Waals surface area contributed by atoms with Gasteiger partial charge < -0.3 is 9.64 Å². The zero-order valence-corrected chi connectivity index (χ0v) is 15.0. The smallest absolute Gasteiger partial charge is 0.255 e. The van der Waals surface area contributed by atoms with Crippen LogP contribution in [-0.2, 0) is 22.7 Å². The molecule has 138 valence electrons. The Hall–Kier alpha value is -3.15. The van der Waals surface area contributed by atoms with Gasteiger partial charge in [-0.05, 0) is 42.2 Å². The van der Waals surface area contributed by atoms with Gasteiger partial charge in [-0.1, -0.05) is 30.3 Å². The zero-order chi connectivity index (χ0) is 19.0. The van der Waals surface area contributed by atoms with E-state index in [1.54, 1.807) is 4.90 Å². The Morgan fingerprint density at radius 2 is 1.93 bits per heavy atom. The molecule has 1 saturated heterocycles. The number of piperidine rings is 1. The molecule has 2 aromatic rings. The molecule has 0 saturated carbocycles. The molecule has 3 amide bonds. The SMILES string of the molecule is Cc1cc(OCc2ccccc2)cc2c1C(=O)N(C1CCC(=O)NC1=O)C2. The van der Waals surface area contributed by atoms with Crippen LogP contribution in [0.2, 0.25) is 0 Å². The maximum absolute atomic E-state index is 12.9. The fourth-order valence-corrected chi connectivity index (χ4v) is 3.71. The molecule has 4 rings (SSSR count). The molecule has 2 aliphatic rings. The van der Waals surface area contributed by atoms with E-state index in [-0.39, 0.29) is 18.2 Å². The molecule has 2 aliphatic heterocycles. The van der Waals surface area contributed by atoms with Gasteiger partial charge in [0, 0.05) is 18.5 Å². The molecule has 0 spiro atoms. The third kappa shape index (κ3) is 3.30. The molecule has 0 aromatic heterocycles. The predicted molar refractivity (Wildman–Crippen MR) is 98.0 cm³/mol. The molecule has 1 unspecified atom stereocenters. The lowest BCUT2D eigenvalue weighted by molar-refractivity contribution is -0.136. The molecule has 6 heteroatoms. The van der Waals surface area contributed by atoms with Gasteiger partial charge in [0.1, 0.15) is 18.4 Å². The van der Waals surface area contributed by atoms with Crippen LogP contribution in [0.3, 0.4) is 0 Å². The van der Waals surface area contributed by atoms with E-state index in [1.165, 1.54) is 0 Å². The van der Waals surface area contributed by atoms with Crippen LogP contribution in [0, 0.1) is 6.92 Å². The van der Waals surface area contributed by atoms with Crippen molar-refractivity contribution in [3.05, 3.63) is 64.7 Å². The Morgan fingerprint density at radius 1 is 1.15 bits per heavy atom. The van der Waals surface area contributed by atoms with Crippen molar-refractivity contribution in [1.82, 2.24) is 10.2 Å². The summed E-state index contributed by atoms with van der Waals surface area (Å²) >= 11 is 0. The second kappa shape index (κ2) is 6.87. The monoisotopic (exact) mass is 364 g/mol. The highest BCUT2D eigenvalue weighted by molar-refractivity contribution is 6.06. The molecule has 1 N–H and O–H groups in total. The van der Waals surface area contributed by atoms with Crippen LogP contribution in [-0.4, -0.2) is 28.7 Å². The number of fused-ring (bicyclic) bond motifs is 1. The van der Waals surface area contributed by atoms with Crippen molar-refractivity contribution in [1.29, 1.82) is 0 Å². The number of carbonyl (C=O) groups excluding carboxylic acids is 3. The molecule has 1 fully saturated rings. The van der Waals surface area contributed by atoms with Gasteiger partial charge in [0.15, 0.2) is 0 Å². The number of ether oxygens (including phenoxy) is 1. The number of hydrogen-bond acceptors (Lipinski definition) is 4. The third-order valence-corrected chi connectivity index (χ3v) is 5.04. The van der Waals surface area contributed by atoms with Gasteiger partial charge in [-0.2, -0.15) is 0 Å². The fourth-order valence-electron chi connectivity index (χ4n) is 3.71. The summed E-state index contributed by atoms with van der Waals surface area (Å²) in [7, 11) is 0. The highest BCUT2D eigenvalue weighted by Gasteiger charge is 2.39. The topological polar surface area (TPSA) is 75.7 Å². The summed E-state index contributed by atoms with van der Waals surface area (Å²) in [5.41, 5.74) is 3.38. The minimum absolute atomic E-state index is 0.161. The Morgan fingerprint density at radius 3 is 2.67 bits per heavy atom. The maximum Gasteiger partial charge on any atom is 0.255 e. The second-order valence-corrected chi connectivity index (χ2v) is 6.95. The van der Waals surface area contributed by atoms with E-state index in [2.05, 4.69) is 5.32 Å². The first-order valence-corrected chi connectivity index (χ1v) is 8.98. The molecule has 27 heavy (non-hydrogen) atoms. The Bertz CT molecular complexity index is 923. The van der Waals surface area contributed by atoms with Crippen LogP contribution in [0.15, 0.2) is 42.5 Å². The zero-order valence-electron chi connectivity index (χ0n) is 15.0. The average molecular weight is 364 g/mol. The summed E-state index contributed by atoms with van der Waals surface area (Å²) in [6, 6.07) is 13.0. The average Bonchev–Trinajstić information content (AvgIpc) is 2.98. The quantitative estimate of drug-likeness (QED) is 0.845. The number of hydrogen-bond donors (Lipinski definition) is 1. The van der Waals surface area contributed by atoms with E-state index < -0.39 is 11.9 Å². The van der Waals surface area contributed by atoms with Crippen molar-refractivity contribution in [2.75, 3.05) is 0 Å². The van der Waals surface area contributed by atoms with Crippen LogP contribution in [0.1, 0.15) is 39.9 Å². The molecule has 1 atom stereocenters. The molecule has 2 heterocycles. The summed E-state index contributed by atoms with van der Waals surface area (Å²) in [5, 5.41) is 2.32. The number of amides is 3. The summed E-state index contributed by atoms with van der Waals surface area (Å²) in [6.07, 6.45) is 0.613. The fraction of sp³-hybridized carbons (Fsp3) is 0.286. The van der Waals surface area contributed by atoms with Crippen LogP contribution < -0.4 is 10.1 Å². The van der Waals surface area contributed by atoms with Crippen molar-refractivity contribution < 1.29 is 19.1 Å². The number of benzene rings is 2. The first-order chi connectivity index (χ1) is 13.0. The number of nitrogens with one attached hydrogen (secondary N) is 1. The second-order valence-electron chi connectivity index (χ2n) is 6.95. The standard InChI is InChI=1S/C21H20N2O4/c1-13-9-16(27-12-14-5-3-2-4-6-14)10-15-11-23(21(26)19(13)15)17-7-8-18(24)22-20(17)25/h2-6,9-10,17H,7-8,11-12H2,1H3,(H,22,24,25). The van der Waals surface area contributed by atoms with Crippen molar-refractivity contribution in [3.63, 3.8) is 0 Å². The molecule has 0 aliphatic carbocycles. The van der Waals surface area contributed by atoms with Gasteiger partial charge in [-0.15, -0.1) is 0 Å². The van der Waals surface area contributed by atoms with E-state index in [0.29, 0.717) is 30.9 Å². The van der Waals surface area contributed by atoms with Crippen LogP contribution in [0.4, 0.5) is 0 Å². The Balaban J connectivity index is 1.53. The Labute approximate surface area is 157 Å². The first-order valence-electron chi connectivity index (χ1n) is 8.98. The van der Waals surface area contributed by atoms with Gasteiger partial charge in [0.2, 0.25) is 11.8 Å². The molecular weight excluding hydrogens is 344 g/mol. The molecule has 0 radical (unpaired) electrons. The molecule has 2 aromatic carbocycles. The van der Waals surface area contributed by atoms with Crippen LogP contribution in [0.25, 0.3) is 0 Å². The van der Waals surface area contributed by atoms with Crippen molar-refractivity contribution in [3.8, 4) is 5.75 Å². The minimum Gasteiger partial charge on any atom is -0.489 e. The predicted octanol–water partition coefficient (Wildman–Crippen LogP) is 2.34. The summed E-state index contributed by atoms with van der Waals surface area (Å²) in [4.78, 5) is 37.9. The van der Waals surface area contributed by atoms with Crippen molar-refractivity contribution >= 4 is 17.7 Å². The minimum atomic E-state index is -0.601. The molecule has 0 bridgehead atoms. The van der Waals surface area contributed by atoms with E-state index in [4.69, 9.17) is 4.74 Å². The molecule has 6 nitrogen and oxygen atoms in total. The molecular formula is C21H20N2O4. The number of nitrogens with zero attached hydrogens (tertiary/aromatic N) is 1. The van der Waals surface area contributed by atoms with Gasteiger partial charge in [0.25, 0.3) is 5.91 Å². The lowest BCUT2D eigenvalue weighted by Gasteiger charge is -2.29. The van der Waals surface area contributed by atoms with Gasteiger partial charge in [-0.25, -0.2) is 0 Å². The summed E-state index contributed by atoms with van der Waals surface area (Å²) in [5.74, 6) is -0.140. The number of aryl methyl sites for hydroxylation is 1. The van der Waals surface area contributed by atoms with Gasteiger partial charge in [0.05, 0.1) is 0 Å². The summed E-state index contributed by atoms with van der Waals surface area (Å²) in [6.45, 7) is 2.67. The van der Waals surface area contributed by atoms with E-state index >= 15 is 0 Å².